The lowest BCUT2D eigenvalue weighted by molar-refractivity contribution is 1.37. The molecule has 0 aromatic heterocycles. The van der Waals surface area contributed by atoms with E-state index in [1.807, 2.05) is 6.07 Å². The van der Waals surface area contributed by atoms with Crippen LogP contribution in [0.15, 0.2) is 64.9 Å². The van der Waals surface area contributed by atoms with Crippen molar-refractivity contribution in [2.24, 2.45) is 0 Å². The maximum Gasteiger partial charge on any atom is 0.0118 e. The molecule has 0 bridgehead atoms. The van der Waals surface area contributed by atoms with Crippen LogP contribution in [0.1, 0.15) is 11.1 Å². The van der Waals surface area contributed by atoms with Crippen molar-refractivity contribution in [2.45, 2.75) is 11.8 Å². The van der Waals surface area contributed by atoms with Gasteiger partial charge in [-0.05, 0) is 36.1 Å². The van der Waals surface area contributed by atoms with E-state index in [-0.39, 0.29) is 0 Å². The Balaban J connectivity index is 2.00. The van der Waals surface area contributed by atoms with Crippen LogP contribution >= 0.6 is 11.8 Å². The first-order chi connectivity index (χ1) is 7.84. The van der Waals surface area contributed by atoms with Gasteiger partial charge in [-0.25, -0.2) is 0 Å². The van der Waals surface area contributed by atoms with Gasteiger partial charge in [0, 0.05) is 4.90 Å². The summed E-state index contributed by atoms with van der Waals surface area (Å²) < 4.78 is 0. The lowest BCUT2D eigenvalue weighted by Gasteiger charge is -1.97. The summed E-state index contributed by atoms with van der Waals surface area (Å²) in [6, 6.07) is 18.9. The van der Waals surface area contributed by atoms with E-state index in [1.54, 1.807) is 11.8 Å². The summed E-state index contributed by atoms with van der Waals surface area (Å²) in [7, 11) is 0. The Hall–Kier alpha value is -1.47. The molecule has 2 aromatic carbocycles. The smallest absolute Gasteiger partial charge is 0.0118 e. The Bertz CT molecular complexity index is 472. The van der Waals surface area contributed by atoms with Crippen LogP contribution in [0.3, 0.4) is 0 Å². The third-order valence-electron chi connectivity index (χ3n) is 2.25. The molecule has 0 aliphatic rings. The normalized spacial score (nSPS) is 10.8. The molecule has 0 atom stereocenters. The molecule has 1 heteroatoms. The number of hydrogen-bond donors (Lipinski definition) is 0. The number of benzene rings is 2. The first-order valence-corrected chi connectivity index (χ1v) is 6.17. The minimum atomic E-state index is 1.24. The van der Waals surface area contributed by atoms with Crippen LogP contribution in [-0.4, -0.2) is 0 Å². The third kappa shape index (κ3) is 3.28. The third-order valence-corrected chi connectivity index (χ3v) is 3.05. The highest BCUT2D eigenvalue weighted by Gasteiger charge is 1.90. The minimum Gasteiger partial charge on any atom is -0.0980 e. The Morgan fingerprint density at radius 3 is 2.50 bits per heavy atom. The Kier molecular flexibility index (Phi) is 3.84. The van der Waals surface area contributed by atoms with Crippen LogP contribution in [0.2, 0.25) is 0 Å². The van der Waals surface area contributed by atoms with Gasteiger partial charge in [0.25, 0.3) is 0 Å². The van der Waals surface area contributed by atoms with E-state index in [2.05, 4.69) is 66.9 Å². The molecule has 0 aliphatic carbocycles. The molecule has 0 amide bonds. The van der Waals surface area contributed by atoms with Gasteiger partial charge in [-0.1, -0.05) is 59.8 Å². The zero-order valence-electron chi connectivity index (χ0n) is 9.26. The first-order valence-electron chi connectivity index (χ1n) is 5.29. The van der Waals surface area contributed by atoms with E-state index in [4.69, 9.17) is 0 Å². The van der Waals surface area contributed by atoms with Gasteiger partial charge in [0.2, 0.25) is 0 Å². The van der Waals surface area contributed by atoms with Crippen LogP contribution < -0.4 is 0 Å². The van der Waals surface area contributed by atoms with Gasteiger partial charge < -0.3 is 0 Å². The average Bonchev–Trinajstić information content (AvgIpc) is 2.30. The van der Waals surface area contributed by atoms with E-state index in [9.17, 15) is 0 Å². The Morgan fingerprint density at radius 1 is 0.938 bits per heavy atom. The standard InChI is InChI=1S/C15H14S/c1-13-6-5-9-15(12-13)16-11-10-14-7-3-2-4-8-14/h2-12H,1H3/b11-10+. The topological polar surface area (TPSA) is 0 Å². The highest BCUT2D eigenvalue weighted by atomic mass is 32.2. The van der Waals surface area contributed by atoms with Gasteiger partial charge in [-0.15, -0.1) is 0 Å². The van der Waals surface area contributed by atoms with E-state index in [0.29, 0.717) is 0 Å². The van der Waals surface area contributed by atoms with Gasteiger partial charge in [-0.2, -0.15) is 0 Å². The second-order valence-electron chi connectivity index (χ2n) is 3.65. The lowest BCUT2D eigenvalue weighted by atomic mass is 10.2. The quantitative estimate of drug-likeness (QED) is 0.680. The molecule has 0 unspecified atom stereocenters. The van der Waals surface area contributed by atoms with Crippen LogP contribution in [0.5, 0.6) is 0 Å². The fourth-order valence-electron chi connectivity index (χ4n) is 1.44. The largest absolute Gasteiger partial charge is 0.0980 e. The van der Waals surface area contributed by atoms with Gasteiger partial charge >= 0.3 is 0 Å². The zero-order valence-corrected chi connectivity index (χ0v) is 10.1. The van der Waals surface area contributed by atoms with Crippen molar-refractivity contribution in [3.05, 3.63) is 71.1 Å². The minimum absolute atomic E-state index is 1.24. The van der Waals surface area contributed by atoms with Gasteiger partial charge in [0.1, 0.15) is 0 Å². The highest BCUT2D eigenvalue weighted by molar-refractivity contribution is 8.02. The molecule has 2 aromatic rings. The van der Waals surface area contributed by atoms with Gasteiger partial charge in [0.05, 0.1) is 0 Å². The summed E-state index contributed by atoms with van der Waals surface area (Å²) in [6.45, 7) is 2.12. The predicted molar refractivity (Wildman–Crippen MR) is 72.5 cm³/mol. The SMILES string of the molecule is Cc1cccc(S/C=C/c2ccccc2)c1. The fourth-order valence-corrected chi connectivity index (χ4v) is 2.24. The molecule has 16 heavy (non-hydrogen) atoms. The molecule has 0 N–H and O–H groups in total. The van der Waals surface area contributed by atoms with Crippen LogP contribution in [0.4, 0.5) is 0 Å². The molecule has 0 radical (unpaired) electrons. The number of thioether (sulfide) groups is 1. The second kappa shape index (κ2) is 5.57. The summed E-state index contributed by atoms with van der Waals surface area (Å²) in [5.41, 5.74) is 2.54. The van der Waals surface area contributed by atoms with E-state index >= 15 is 0 Å². The van der Waals surface area contributed by atoms with Crippen molar-refractivity contribution < 1.29 is 0 Å². The predicted octanol–water partition coefficient (Wildman–Crippen LogP) is 4.76. The van der Waals surface area contributed by atoms with Crippen molar-refractivity contribution in [3.63, 3.8) is 0 Å². The molecule has 0 heterocycles. The number of rotatable bonds is 3. The first kappa shape index (κ1) is 11.0. The van der Waals surface area contributed by atoms with Crippen molar-refractivity contribution in [2.75, 3.05) is 0 Å². The summed E-state index contributed by atoms with van der Waals surface area (Å²) >= 11 is 1.75. The van der Waals surface area contributed by atoms with Gasteiger partial charge in [-0.3, -0.25) is 0 Å². The van der Waals surface area contributed by atoms with E-state index in [1.165, 1.54) is 16.0 Å². The highest BCUT2D eigenvalue weighted by Crippen LogP contribution is 2.21. The zero-order chi connectivity index (χ0) is 11.2. The van der Waals surface area contributed by atoms with Crippen LogP contribution in [0.25, 0.3) is 6.08 Å². The molecule has 0 nitrogen and oxygen atoms in total. The Labute approximate surface area is 101 Å². The summed E-state index contributed by atoms with van der Waals surface area (Å²) in [4.78, 5) is 1.28. The second-order valence-corrected chi connectivity index (χ2v) is 4.63. The maximum atomic E-state index is 2.19. The van der Waals surface area contributed by atoms with Crippen molar-refractivity contribution in [1.82, 2.24) is 0 Å². The molecule has 0 saturated carbocycles. The van der Waals surface area contributed by atoms with Gasteiger partial charge in [0.15, 0.2) is 0 Å². The molecule has 0 saturated heterocycles. The molecule has 0 fully saturated rings. The molecular weight excluding hydrogens is 212 g/mol. The Morgan fingerprint density at radius 2 is 1.75 bits per heavy atom. The number of aryl methyl sites for hydroxylation is 1. The summed E-state index contributed by atoms with van der Waals surface area (Å²) in [5.74, 6) is 0. The summed E-state index contributed by atoms with van der Waals surface area (Å²) in [6.07, 6.45) is 2.13. The molecule has 0 spiro atoms. The summed E-state index contributed by atoms with van der Waals surface area (Å²) in [5, 5.41) is 2.13. The lowest BCUT2D eigenvalue weighted by Crippen LogP contribution is -1.72. The van der Waals surface area contributed by atoms with Crippen molar-refractivity contribution >= 4 is 17.8 Å². The van der Waals surface area contributed by atoms with Crippen LogP contribution in [0, 0.1) is 6.92 Å². The van der Waals surface area contributed by atoms with E-state index in [0.717, 1.165) is 0 Å². The van der Waals surface area contributed by atoms with Crippen molar-refractivity contribution in [3.8, 4) is 0 Å². The number of hydrogen-bond acceptors (Lipinski definition) is 1. The monoisotopic (exact) mass is 226 g/mol. The van der Waals surface area contributed by atoms with Crippen molar-refractivity contribution in [1.29, 1.82) is 0 Å². The fraction of sp³-hybridized carbons (Fsp3) is 0.0667. The molecule has 2 rings (SSSR count). The maximum absolute atomic E-state index is 2.19. The molecule has 0 aliphatic heterocycles. The average molecular weight is 226 g/mol. The van der Waals surface area contributed by atoms with Crippen LogP contribution in [-0.2, 0) is 0 Å². The van der Waals surface area contributed by atoms with E-state index < -0.39 is 0 Å². The molecular formula is C15H14S. The molecule has 80 valence electrons.